The Morgan fingerprint density at radius 1 is 1.19 bits per heavy atom. The van der Waals surface area contributed by atoms with Crippen molar-refractivity contribution in [2.24, 2.45) is 5.92 Å². The second kappa shape index (κ2) is 10.6. The lowest BCUT2D eigenvalue weighted by atomic mass is 10.0. The van der Waals surface area contributed by atoms with Gasteiger partial charge in [-0.05, 0) is 56.7 Å². The van der Waals surface area contributed by atoms with Gasteiger partial charge < -0.3 is 19.1 Å². The Hall–Kier alpha value is -2.60. The Bertz CT molecular complexity index is 835. The van der Waals surface area contributed by atoms with Crippen molar-refractivity contribution in [3.8, 4) is 5.75 Å². The third-order valence-electron chi connectivity index (χ3n) is 5.08. The van der Waals surface area contributed by atoms with E-state index >= 15 is 0 Å². The fourth-order valence-electron chi connectivity index (χ4n) is 3.44. The van der Waals surface area contributed by atoms with E-state index in [0.29, 0.717) is 32.3 Å². The Morgan fingerprint density at radius 2 is 1.97 bits per heavy atom. The molecular formula is C25H34N2O4. The summed E-state index contributed by atoms with van der Waals surface area (Å²) in [5.74, 6) is 1.10. The van der Waals surface area contributed by atoms with Gasteiger partial charge in [0, 0.05) is 19.3 Å². The Morgan fingerprint density at radius 3 is 2.65 bits per heavy atom. The van der Waals surface area contributed by atoms with E-state index in [1.807, 2.05) is 51.2 Å². The molecule has 0 aliphatic carbocycles. The molecule has 6 heteroatoms. The number of nitrogens with zero attached hydrogens (tertiary/aromatic N) is 2. The third kappa shape index (κ3) is 7.55. The molecule has 0 spiro atoms. The molecule has 1 amide bonds. The number of benzene rings is 1. The summed E-state index contributed by atoms with van der Waals surface area (Å²) >= 11 is 0. The van der Waals surface area contributed by atoms with Crippen molar-refractivity contribution >= 4 is 6.09 Å². The molecule has 2 heterocycles. The van der Waals surface area contributed by atoms with Gasteiger partial charge in [-0.3, -0.25) is 4.98 Å². The number of carbonyl (C=O) groups is 1. The quantitative estimate of drug-likeness (QED) is 0.573. The Balaban J connectivity index is 1.42. The van der Waals surface area contributed by atoms with Crippen LogP contribution in [-0.2, 0) is 22.5 Å². The van der Waals surface area contributed by atoms with Crippen molar-refractivity contribution < 1.29 is 19.0 Å². The molecule has 1 aromatic heterocycles. The summed E-state index contributed by atoms with van der Waals surface area (Å²) in [6.07, 6.45) is 5.10. The maximum Gasteiger partial charge on any atom is 0.410 e. The fraction of sp³-hybridized carbons (Fsp3) is 0.520. The second-order valence-corrected chi connectivity index (χ2v) is 9.27. The number of aromatic nitrogens is 1. The highest BCUT2D eigenvalue weighted by atomic mass is 16.6. The van der Waals surface area contributed by atoms with Crippen LogP contribution >= 0.6 is 0 Å². The second-order valence-electron chi connectivity index (χ2n) is 9.27. The van der Waals surface area contributed by atoms with Gasteiger partial charge in [-0.1, -0.05) is 37.3 Å². The van der Waals surface area contributed by atoms with E-state index in [0.717, 1.165) is 24.2 Å². The molecule has 3 rings (SSSR count). The van der Waals surface area contributed by atoms with Crippen molar-refractivity contribution in [3.63, 3.8) is 0 Å². The number of hydrogen-bond donors (Lipinski definition) is 0. The van der Waals surface area contributed by atoms with Crippen LogP contribution in [0, 0.1) is 5.92 Å². The van der Waals surface area contributed by atoms with Crippen LogP contribution in [0.4, 0.5) is 4.79 Å². The first-order chi connectivity index (χ1) is 14.8. The number of ether oxygens (including phenoxy) is 3. The molecule has 1 saturated heterocycles. The smallest absolute Gasteiger partial charge is 0.410 e. The largest absolute Gasteiger partial charge is 0.490 e. The van der Waals surface area contributed by atoms with Crippen LogP contribution < -0.4 is 4.74 Å². The number of likely N-dealkylation sites (tertiary alicyclic amines) is 1. The lowest BCUT2D eigenvalue weighted by Crippen LogP contribution is -2.55. The zero-order valence-corrected chi connectivity index (χ0v) is 19.0. The lowest BCUT2D eigenvalue weighted by Gasteiger charge is -2.40. The fourth-order valence-corrected chi connectivity index (χ4v) is 3.44. The first-order valence-electron chi connectivity index (χ1n) is 11.0. The number of hydrogen-bond acceptors (Lipinski definition) is 5. The van der Waals surface area contributed by atoms with E-state index in [1.54, 1.807) is 11.1 Å². The van der Waals surface area contributed by atoms with E-state index in [4.69, 9.17) is 14.2 Å². The van der Waals surface area contributed by atoms with E-state index in [9.17, 15) is 4.79 Å². The minimum atomic E-state index is -0.488. The average molecular weight is 427 g/mol. The summed E-state index contributed by atoms with van der Waals surface area (Å²) in [4.78, 5) is 18.3. The van der Waals surface area contributed by atoms with E-state index < -0.39 is 5.60 Å². The van der Waals surface area contributed by atoms with Crippen LogP contribution in [0.2, 0.25) is 0 Å². The molecule has 0 bridgehead atoms. The van der Waals surface area contributed by atoms with Crippen LogP contribution in [0.15, 0.2) is 48.8 Å². The Kier molecular flexibility index (Phi) is 7.91. The van der Waals surface area contributed by atoms with Crippen molar-refractivity contribution in [2.75, 3.05) is 19.8 Å². The summed E-state index contributed by atoms with van der Waals surface area (Å²) in [6, 6.07) is 12.3. The summed E-state index contributed by atoms with van der Waals surface area (Å²) in [7, 11) is 0. The predicted octanol–water partition coefficient (Wildman–Crippen LogP) is 4.87. The zero-order chi connectivity index (χ0) is 22.3. The zero-order valence-electron chi connectivity index (χ0n) is 19.0. The number of rotatable bonds is 9. The highest BCUT2D eigenvalue weighted by Gasteiger charge is 2.35. The van der Waals surface area contributed by atoms with E-state index in [1.165, 1.54) is 5.56 Å². The highest BCUT2D eigenvalue weighted by Crippen LogP contribution is 2.23. The average Bonchev–Trinajstić information content (AvgIpc) is 2.67. The molecule has 6 nitrogen and oxygen atoms in total. The van der Waals surface area contributed by atoms with E-state index in [2.05, 4.69) is 24.0 Å². The van der Waals surface area contributed by atoms with Gasteiger partial charge in [0.2, 0.25) is 0 Å². The molecule has 1 aliphatic rings. The number of pyridine rings is 1. The van der Waals surface area contributed by atoms with Gasteiger partial charge in [0.05, 0.1) is 18.8 Å². The molecule has 2 aromatic rings. The van der Waals surface area contributed by atoms with Crippen molar-refractivity contribution in [1.82, 2.24) is 9.88 Å². The summed E-state index contributed by atoms with van der Waals surface area (Å²) < 4.78 is 17.2. The Labute approximate surface area is 185 Å². The van der Waals surface area contributed by atoms with Crippen molar-refractivity contribution in [3.05, 3.63) is 59.9 Å². The number of carbonyl (C=O) groups excluding carboxylic acids is 1. The molecule has 0 N–H and O–H groups in total. The van der Waals surface area contributed by atoms with Crippen LogP contribution in [0.3, 0.4) is 0 Å². The molecule has 1 aromatic carbocycles. The molecular weight excluding hydrogens is 392 g/mol. The topological polar surface area (TPSA) is 60.9 Å². The van der Waals surface area contributed by atoms with Crippen LogP contribution in [0.1, 0.15) is 45.2 Å². The monoisotopic (exact) mass is 426 g/mol. The first kappa shape index (κ1) is 23.1. The maximum absolute atomic E-state index is 12.2. The van der Waals surface area contributed by atoms with Gasteiger partial charge in [0.25, 0.3) is 0 Å². The van der Waals surface area contributed by atoms with Crippen molar-refractivity contribution in [1.29, 1.82) is 0 Å². The molecule has 0 saturated carbocycles. The normalized spacial score (nSPS) is 17.0. The molecule has 31 heavy (non-hydrogen) atoms. The molecule has 2 atom stereocenters. The molecule has 1 fully saturated rings. The van der Waals surface area contributed by atoms with Gasteiger partial charge >= 0.3 is 6.09 Å². The predicted molar refractivity (Wildman–Crippen MR) is 120 cm³/mol. The van der Waals surface area contributed by atoms with Gasteiger partial charge in [0.15, 0.2) is 0 Å². The van der Waals surface area contributed by atoms with Crippen LogP contribution in [-0.4, -0.2) is 47.4 Å². The maximum atomic E-state index is 12.2. The van der Waals surface area contributed by atoms with Crippen LogP contribution in [0.5, 0.6) is 5.75 Å². The highest BCUT2D eigenvalue weighted by molar-refractivity contribution is 5.69. The lowest BCUT2D eigenvalue weighted by molar-refractivity contribution is -0.0141. The van der Waals surface area contributed by atoms with E-state index in [-0.39, 0.29) is 12.1 Å². The minimum absolute atomic E-state index is 0.0452. The van der Waals surface area contributed by atoms with Crippen molar-refractivity contribution in [2.45, 2.75) is 58.8 Å². The minimum Gasteiger partial charge on any atom is -0.490 e. The third-order valence-corrected chi connectivity index (χ3v) is 5.08. The SMILES string of the molecule is C[C@H](COCc1ccccc1)Cc1cncc(OC[C@@H]2CCN2C(=O)OC(C)(C)C)c1. The first-order valence-corrected chi connectivity index (χ1v) is 11.0. The molecule has 168 valence electrons. The standard InChI is InChI=1S/C25H34N2O4/c1-19(16-29-17-20-8-6-5-7-9-20)12-21-13-23(15-26-14-21)30-18-22-10-11-27(22)24(28)31-25(2,3)4/h5-9,13-15,19,22H,10-12,16-18H2,1-4H3/t19-,22-/m0/s1. The van der Waals surface area contributed by atoms with Gasteiger partial charge in [-0.15, -0.1) is 0 Å². The van der Waals surface area contributed by atoms with Gasteiger partial charge in [0.1, 0.15) is 18.0 Å². The summed E-state index contributed by atoms with van der Waals surface area (Å²) in [5.41, 5.74) is 1.81. The summed E-state index contributed by atoms with van der Waals surface area (Å²) in [6.45, 7) is 10.3. The van der Waals surface area contributed by atoms with Gasteiger partial charge in [-0.25, -0.2) is 4.79 Å². The summed E-state index contributed by atoms with van der Waals surface area (Å²) in [5, 5.41) is 0. The van der Waals surface area contributed by atoms with Gasteiger partial charge in [-0.2, -0.15) is 0 Å². The number of amides is 1. The van der Waals surface area contributed by atoms with Crippen LogP contribution in [0.25, 0.3) is 0 Å². The molecule has 1 aliphatic heterocycles. The molecule has 0 radical (unpaired) electrons. The molecule has 0 unspecified atom stereocenters.